The van der Waals surface area contributed by atoms with Crippen LogP contribution >= 0.6 is 0 Å². The second kappa shape index (κ2) is 5.86. The van der Waals surface area contributed by atoms with Gasteiger partial charge in [-0.1, -0.05) is 17.7 Å². The average molecular weight is 281 g/mol. The fraction of sp³-hybridized carbons (Fsp3) is 0.389. The molecule has 3 rings (SSSR count). The van der Waals surface area contributed by atoms with Crippen molar-refractivity contribution in [1.82, 2.24) is 10.3 Å². The number of nitrogens with one attached hydrogen (secondary N) is 1. The Morgan fingerprint density at radius 1 is 1.19 bits per heavy atom. The third-order valence-electron chi connectivity index (χ3n) is 4.12. The summed E-state index contributed by atoms with van der Waals surface area (Å²) in [5, 5.41) is 3.59. The minimum atomic E-state index is 0.720. The highest BCUT2D eigenvalue weighted by Gasteiger charge is 2.21. The van der Waals surface area contributed by atoms with Crippen molar-refractivity contribution in [3.8, 4) is 0 Å². The van der Waals surface area contributed by atoms with Gasteiger partial charge in [-0.25, -0.2) is 0 Å². The van der Waals surface area contributed by atoms with E-state index in [1.54, 1.807) is 0 Å². The lowest BCUT2D eigenvalue weighted by atomic mass is 10.1. The standard InChI is InChI=1S/C18H23N3/c1-13-4-7-17(14(2)10-13)21(3)18-12-19-9-8-15(18)11-20-16-5-6-16/h4,7-10,12,16,20H,5-6,11H2,1-3H3. The third-order valence-corrected chi connectivity index (χ3v) is 4.12. The van der Waals surface area contributed by atoms with Crippen molar-refractivity contribution in [3.63, 3.8) is 0 Å². The molecule has 1 aromatic carbocycles. The minimum absolute atomic E-state index is 0.720. The van der Waals surface area contributed by atoms with Crippen LogP contribution in [0.2, 0.25) is 0 Å². The Bertz CT molecular complexity index is 632. The summed E-state index contributed by atoms with van der Waals surface area (Å²) in [6.45, 7) is 5.21. The number of nitrogens with zero attached hydrogens (tertiary/aromatic N) is 2. The van der Waals surface area contributed by atoms with Gasteiger partial charge >= 0.3 is 0 Å². The molecule has 1 aliphatic rings. The third kappa shape index (κ3) is 3.24. The van der Waals surface area contributed by atoms with Crippen molar-refractivity contribution in [2.24, 2.45) is 0 Å². The summed E-state index contributed by atoms with van der Waals surface area (Å²) < 4.78 is 0. The highest BCUT2D eigenvalue weighted by atomic mass is 15.1. The molecular formula is C18H23N3. The molecule has 3 heteroatoms. The van der Waals surface area contributed by atoms with Crippen molar-refractivity contribution in [2.45, 2.75) is 39.3 Å². The predicted octanol–water partition coefficient (Wildman–Crippen LogP) is 3.72. The monoisotopic (exact) mass is 281 g/mol. The molecule has 1 N–H and O–H groups in total. The number of benzene rings is 1. The molecular weight excluding hydrogens is 258 g/mol. The van der Waals surface area contributed by atoms with E-state index in [1.165, 1.54) is 40.9 Å². The number of anilines is 2. The Balaban J connectivity index is 1.87. The molecule has 0 saturated heterocycles. The topological polar surface area (TPSA) is 28.2 Å². The van der Waals surface area contributed by atoms with E-state index in [1.807, 2.05) is 12.4 Å². The van der Waals surface area contributed by atoms with Gasteiger partial charge in [-0.15, -0.1) is 0 Å². The van der Waals surface area contributed by atoms with Crippen LogP contribution in [0.1, 0.15) is 29.5 Å². The van der Waals surface area contributed by atoms with Crippen LogP contribution in [0.5, 0.6) is 0 Å². The van der Waals surface area contributed by atoms with Crippen LogP contribution in [0.25, 0.3) is 0 Å². The highest BCUT2D eigenvalue weighted by Crippen LogP contribution is 2.30. The Morgan fingerprint density at radius 2 is 2.00 bits per heavy atom. The molecule has 1 fully saturated rings. The van der Waals surface area contributed by atoms with E-state index in [0.717, 1.165) is 12.6 Å². The lowest BCUT2D eigenvalue weighted by molar-refractivity contribution is 0.687. The van der Waals surface area contributed by atoms with Gasteiger partial charge in [0.25, 0.3) is 0 Å². The van der Waals surface area contributed by atoms with Crippen molar-refractivity contribution >= 4 is 11.4 Å². The maximum Gasteiger partial charge on any atom is 0.0640 e. The molecule has 0 unspecified atom stereocenters. The summed E-state index contributed by atoms with van der Waals surface area (Å²) >= 11 is 0. The molecule has 2 aromatic rings. The summed E-state index contributed by atoms with van der Waals surface area (Å²) in [6.07, 6.45) is 6.47. The molecule has 1 heterocycles. The zero-order chi connectivity index (χ0) is 14.8. The van der Waals surface area contributed by atoms with Crippen LogP contribution in [0.4, 0.5) is 11.4 Å². The van der Waals surface area contributed by atoms with Gasteiger partial charge in [-0.2, -0.15) is 0 Å². The van der Waals surface area contributed by atoms with Gasteiger partial charge in [0, 0.05) is 31.5 Å². The van der Waals surface area contributed by atoms with E-state index in [-0.39, 0.29) is 0 Å². The van der Waals surface area contributed by atoms with Crippen molar-refractivity contribution < 1.29 is 0 Å². The van der Waals surface area contributed by atoms with Gasteiger partial charge in [0.2, 0.25) is 0 Å². The summed E-state index contributed by atoms with van der Waals surface area (Å²) in [6, 6.07) is 9.42. The normalized spacial score (nSPS) is 14.2. The maximum atomic E-state index is 4.31. The molecule has 3 nitrogen and oxygen atoms in total. The molecule has 0 amide bonds. The molecule has 1 aliphatic carbocycles. The zero-order valence-electron chi connectivity index (χ0n) is 13.1. The Morgan fingerprint density at radius 3 is 2.71 bits per heavy atom. The number of aromatic nitrogens is 1. The maximum absolute atomic E-state index is 4.31. The van der Waals surface area contributed by atoms with Crippen molar-refractivity contribution in [2.75, 3.05) is 11.9 Å². The first-order valence-corrected chi connectivity index (χ1v) is 7.62. The molecule has 0 spiro atoms. The van der Waals surface area contributed by atoms with Crippen LogP contribution in [0.15, 0.2) is 36.7 Å². The fourth-order valence-corrected chi connectivity index (χ4v) is 2.72. The van der Waals surface area contributed by atoms with E-state index in [0.29, 0.717) is 0 Å². The van der Waals surface area contributed by atoms with Crippen LogP contribution < -0.4 is 10.2 Å². The molecule has 0 radical (unpaired) electrons. The molecule has 0 aliphatic heterocycles. The molecule has 0 atom stereocenters. The number of hydrogen-bond acceptors (Lipinski definition) is 3. The molecule has 21 heavy (non-hydrogen) atoms. The lowest BCUT2D eigenvalue weighted by Gasteiger charge is -2.24. The highest BCUT2D eigenvalue weighted by molar-refractivity contribution is 5.67. The Labute approximate surface area is 127 Å². The van der Waals surface area contributed by atoms with Crippen molar-refractivity contribution in [1.29, 1.82) is 0 Å². The smallest absolute Gasteiger partial charge is 0.0640 e. The fourth-order valence-electron chi connectivity index (χ4n) is 2.72. The van der Waals surface area contributed by atoms with Gasteiger partial charge in [0.15, 0.2) is 0 Å². The second-order valence-corrected chi connectivity index (χ2v) is 6.01. The van der Waals surface area contributed by atoms with E-state index < -0.39 is 0 Å². The summed E-state index contributed by atoms with van der Waals surface area (Å²) in [4.78, 5) is 6.55. The van der Waals surface area contributed by atoms with Crippen LogP contribution in [0.3, 0.4) is 0 Å². The number of hydrogen-bond donors (Lipinski definition) is 1. The number of aryl methyl sites for hydroxylation is 2. The Hall–Kier alpha value is -1.87. The van der Waals surface area contributed by atoms with Gasteiger partial charge in [-0.3, -0.25) is 4.98 Å². The van der Waals surface area contributed by atoms with E-state index in [2.05, 4.69) is 60.4 Å². The summed E-state index contributed by atoms with van der Waals surface area (Å²) in [5.41, 5.74) is 6.31. The first-order chi connectivity index (χ1) is 10.1. The quantitative estimate of drug-likeness (QED) is 0.905. The first kappa shape index (κ1) is 14.1. The van der Waals surface area contributed by atoms with Crippen LogP contribution in [-0.4, -0.2) is 18.1 Å². The molecule has 1 saturated carbocycles. The van der Waals surface area contributed by atoms with Crippen molar-refractivity contribution in [3.05, 3.63) is 53.3 Å². The van der Waals surface area contributed by atoms with Gasteiger partial charge in [0.1, 0.15) is 0 Å². The second-order valence-electron chi connectivity index (χ2n) is 6.01. The molecule has 1 aromatic heterocycles. The van der Waals surface area contributed by atoms with E-state index in [9.17, 15) is 0 Å². The van der Waals surface area contributed by atoms with Crippen LogP contribution in [-0.2, 0) is 6.54 Å². The zero-order valence-corrected chi connectivity index (χ0v) is 13.1. The largest absolute Gasteiger partial charge is 0.343 e. The first-order valence-electron chi connectivity index (χ1n) is 7.62. The minimum Gasteiger partial charge on any atom is -0.343 e. The number of pyridine rings is 1. The summed E-state index contributed by atoms with van der Waals surface area (Å²) in [5.74, 6) is 0. The lowest BCUT2D eigenvalue weighted by Crippen LogP contribution is -2.19. The molecule has 0 bridgehead atoms. The van der Waals surface area contributed by atoms with Gasteiger partial charge < -0.3 is 10.2 Å². The average Bonchev–Trinajstić information content (AvgIpc) is 3.29. The van der Waals surface area contributed by atoms with E-state index in [4.69, 9.17) is 0 Å². The Kier molecular flexibility index (Phi) is 3.93. The van der Waals surface area contributed by atoms with E-state index >= 15 is 0 Å². The van der Waals surface area contributed by atoms with Gasteiger partial charge in [0.05, 0.1) is 11.9 Å². The van der Waals surface area contributed by atoms with Gasteiger partial charge in [-0.05, 0) is 49.9 Å². The SMILES string of the molecule is Cc1ccc(N(C)c2cnccc2CNC2CC2)c(C)c1. The summed E-state index contributed by atoms with van der Waals surface area (Å²) in [7, 11) is 2.12. The molecule has 110 valence electrons. The predicted molar refractivity (Wildman–Crippen MR) is 88.1 cm³/mol. The van der Waals surface area contributed by atoms with Crippen LogP contribution in [0, 0.1) is 13.8 Å². The number of rotatable bonds is 5.